The molecule has 2 aliphatic rings. The summed E-state index contributed by atoms with van der Waals surface area (Å²) in [5.74, 6) is 0. The lowest BCUT2D eigenvalue weighted by atomic mass is 10.2. The molecule has 0 aromatic carbocycles. The molecule has 4 nitrogen and oxygen atoms in total. The fraction of sp³-hybridized carbons (Fsp3) is 1.00. The first-order valence-corrected chi connectivity index (χ1v) is 11.0. The molecule has 4 heteroatoms. The van der Waals surface area contributed by atoms with Gasteiger partial charge in [0.1, 0.15) is 0 Å². The van der Waals surface area contributed by atoms with Crippen LogP contribution in [0.2, 0.25) is 0 Å². The number of nitrogens with zero attached hydrogens (tertiary/aromatic N) is 4. The average molecular weight is 357 g/mol. The van der Waals surface area contributed by atoms with E-state index >= 15 is 0 Å². The fourth-order valence-corrected chi connectivity index (χ4v) is 3.11. The van der Waals surface area contributed by atoms with Gasteiger partial charge in [0.25, 0.3) is 0 Å². The van der Waals surface area contributed by atoms with Gasteiger partial charge in [0, 0.05) is 52.4 Å². The van der Waals surface area contributed by atoms with Crippen LogP contribution in [-0.4, -0.2) is 99.1 Å². The molecule has 2 heterocycles. The van der Waals surface area contributed by atoms with Gasteiger partial charge in [-0.25, -0.2) is 0 Å². The lowest BCUT2D eigenvalue weighted by Gasteiger charge is -2.32. The summed E-state index contributed by atoms with van der Waals surface area (Å²) in [6, 6.07) is 0. The normalized spacial score (nSPS) is 20.4. The van der Waals surface area contributed by atoms with Gasteiger partial charge in [0.05, 0.1) is 0 Å². The molecule has 0 radical (unpaired) electrons. The minimum atomic E-state index is 1.25. The van der Waals surface area contributed by atoms with Crippen molar-refractivity contribution in [1.82, 2.24) is 19.6 Å². The second kappa shape index (κ2) is 17.3. The molecular weight excluding hydrogens is 308 g/mol. The van der Waals surface area contributed by atoms with E-state index in [0.29, 0.717) is 0 Å². The van der Waals surface area contributed by atoms with Crippen LogP contribution in [0.3, 0.4) is 0 Å². The smallest absolute Gasteiger partial charge is 0.0110 e. The van der Waals surface area contributed by atoms with Crippen LogP contribution in [0.1, 0.15) is 59.8 Å². The van der Waals surface area contributed by atoms with Crippen LogP contribution in [0, 0.1) is 0 Å². The van der Waals surface area contributed by atoms with E-state index < -0.39 is 0 Å². The highest BCUT2D eigenvalue weighted by Crippen LogP contribution is 2.02. The Hall–Kier alpha value is -0.160. The maximum absolute atomic E-state index is 2.59. The quantitative estimate of drug-likeness (QED) is 0.647. The SMILES string of the molecule is CC.CCCCCN1CCN(C)CC1.CCCCN1CCN(C)CC1. The van der Waals surface area contributed by atoms with Crippen LogP contribution in [0.5, 0.6) is 0 Å². The maximum atomic E-state index is 2.59. The van der Waals surface area contributed by atoms with Crippen molar-refractivity contribution in [2.24, 2.45) is 0 Å². The highest BCUT2D eigenvalue weighted by molar-refractivity contribution is 4.69. The molecular formula is C21H48N4. The Morgan fingerprint density at radius 2 is 0.880 bits per heavy atom. The predicted octanol–water partition coefficient (Wildman–Crippen LogP) is 3.48. The van der Waals surface area contributed by atoms with Crippen molar-refractivity contribution in [2.45, 2.75) is 59.8 Å². The van der Waals surface area contributed by atoms with Crippen LogP contribution in [-0.2, 0) is 0 Å². The third kappa shape index (κ3) is 13.7. The summed E-state index contributed by atoms with van der Waals surface area (Å²) in [5.41, 5.74) is 0. The van der Waals surface area contributed by atoms with Crippen LogP contribution in [0.25, 0.3) is 0 Å². The summed E-state index contributed by atoms with van der Waals surface area (Å²) in [7, 11) is 4.42. The fourth-order valence-electron chi connectivity index (χ4n) is 3.11. The van der Waals surface area contributed by atoms with E-state index in [1.165, 1.54) is 97.6 Å². The Kier molecular flexibility index (Phi) is 17.2. The third-order valence-corrected chi connectivity index (χ3v) is 5.10. The topological polar surface area (TPSA) is 13.0 Å². The van der Waals surface area contributed by atoms with E-state index in [1.54, 1.807) is 0 Å². The summed E-state index contributed by atoms with van der Waals surface area (Å²) in [4.78, 5) is 9.98. The summed E-state index contributed by atoms with van der Waals surface area (Å²) in [6.07, 6.45) is 6.82. The first kappa shape index (κ1) is 24.8. The molecule has 0 N–H and O–H groups in total. The van der Waals surface area contributed by atoms with Gasteiger partial charge in [-0.05, 0) is 40.0 Å². The highest BCUT2D eigenvalue weighted by atomic mass is 15.2. The molecule has 0 atom stereocenters. The van der Waals surface area contributed by atoms with Crippen LogP contribution in [0.15, 0.2) is 0 Å². The van der Waals surface area contributed by atoms with Crippen molar-refractivity contribution >= 4 is 0 Å². The molecule has 0 saturated carbocycles. The van der Waals surface area contributed by atoms with E-state index in [-0.39, 0.29) is 0 Å². The number of likely N-dealkylation sites (N-methyl/N-ethyl adjacent to an activating group) is 2. The first-order valence-electron chi connectivity index (χ1n) is 11.0. The van der Waals surface area contributed by atoms with Gasteiger partial charge in [-0.2, -0.15) is 0 Å². The molecule has 2 aliphatic heterocycles. The van der Waals surface area contributed by atoms with Gasteiger partial charge in [-0.15, -0.1) is 0 Å². The van der Waals surface area contributed by atoms with Crippen molar-refractivity contribution in [3.05, 3.63) is 0 Å². The summed E-state index contributed by atoms with van der Waals surface area (Å²) >= 11 is 0. The van der Waals surface area contributed by atoms with Gasteiger partial charge in [-0.1, -0.05) is 47.0 Å². The predicted molar refractivity (Wildman–Crippen MR) is 114 cm³/mol. The monoisotopic (exact) mass is 356 g/mol. The number of hydrogen-bond acceptors (Lipinski definition) is 4. The molecule has 2 rings (SSSR count). The van der Waals surface area contributed by atoms with Crippen molar-refractivity contribution in [2.75, 3.05) is 79.5 Å². The summed E-state index contributed by atoms with van der Waals surface area (Å²) < 4.78 is 0. The lowest BCUT2D eigenvalue weighted by molar-refractivity contribution is 0.152. The second-order valence-corrected chi connectivity index (χ2v) is 7.35. The molecule has 0 aliphatic carbocycles. The molecule has 0 spiro atoms. The Bertz CT molecular complexity index is 254. The zero-order valence-electron chi connectivity index (χ0n) is 18.4. The van der Waals surface area contributed by atoms with Gasteiger partial charge in [0.2, 0.25) is 0 Å². The van der Waals surface area contributed by atoms with E-state index in [1.807, 2.05) is 13.8 Å². The lowest BCUT2D eigenvalue weighted by Crippen LogP contribution is -2.44. The Morgan fingerprint density at radius 1 is 0.520 bits per heavy atom. The van der Waals surface area contributed by atoms with Crippen molar-refractivity contribution < 1.29 is 0 Å². The van der Waals surface area contributed by atoms with Gasteiger partial charge < -0.3 is 19.6 Å². The van der Waals surface area contributed by atoms with E-state index in [2.05, 4.69) is 47.5 Å². The standard InChI is InChI=1S/C10H22N2.C9H20N2.C2H6/c1-3-4-5-6-12-9-7-11(2)8-10-12;1-3-4-5-11-8-6-10(2)7-9-11;1-2/h3-10H2,1-2H3;3-9H2,1-2H3;1-2H3. The summed E-state index contributed by atoms with van der Waals surface area (Å²) in [6.45, 7) is 21.3. The molecule has 2 saturated heterocycles. The van der Waals surface area contributed by atoms with E-state index in [0.717, 1.165) is 0 Å². The number of unbranched alkanes of at least 4 members (excludes halogenated alkanes) is 3. The van der Waals surface area contributed by atoms with E-state index in [9.17, 15) is 0 Å². The molecule has 0 bridgehead atoms. The molecule has 2 fully saturated rings. The van der Waals surface area contributed by atoms with Crippen molar-refractivity contribution in [3.63, 3.8) is 0 Å². The van der Waals surface area contributed by atoms with E-state index in [4.69, 9.17) is 0 Å². The average Bonchev–Trinajstić information content (AvgIpc) is 2.65. The van der Waals surface area contributed by atoms with Crippen molar-refractivity contribution in [1.29, 1.82) is 0 Å². The molecule has 0 aromatic rings. The number of piperazine rings is 2. The van der Waals surface area contributed by atoms with Crippen LogP contribution < -0.4 is 0 Å². The minimum Gasteiger partial charge on any atom is -0.304 e. The second-order valence-electron chi connectivity index (χ2n) is 7.35. The maximum Gasteiger partial charge on any atom is 0.0110 e. The highest BCUT2D eigenvalue weighted by Gasteiger charge is 2.12. The van der Waals surface area contributed by atoms with Gasteiger partial charge in [0.15, 0.2) is 0 Å². The van der Waals surface area contributed by atoms with Crippen LogP contribution >= 0.6 is 0 Å². The third-order valence-electron chi connectivity index (χ3n) is 5.10. The zero-order valence-corrected chi connectivity index (χ0v) is 18.4. The largest absolute Gasteiger partial charge is 0.304 e. The molecule has 0 aromatic heterocycles. The molecule has 0 amide bonds. The molecule has 25 heavy (non-hydrogen) atoms. The number of rotatable bonds is 7. The molecule has 0 unspecified atom stereocenters. The Morgan fingerprint density at radius 3 is 1.24 bits per heavy atom. The Labute approximate surface area is 159 Å². The molecule has 152 valence electrons. The first-order chi connectivity index (χ1) is 12.2. The summed E-state index contributed by atoms with van der Waals surface area (Å²) in [5, 5.41) is 0. The minimum absolute atomic E-state index is 1.25. The van der Waals surface area contributed by atoms with Crippen LogP contribution in [0.4, 0.5) is 0 Å². The van der Waals surface area contributed by atoms with Gasteiger partial charge in [-0.3, -0.25) is 0 Å². The number of hydrogen-bond donors (Lipinski definition) is 0. The van der Waals surface area contributed by atoms with Gasteiger partial charge >= 0.3 is 0 Å². The van der Waals surface area contributed by atoms with Crippen molar-refractivity contribution in [3.8, 4) is 0 Å². The Balaban J connectivity index is 0.000000421. The zero-order chi connectivity index (χ0) is 18.9.